The van der Waals surface area contributed by atoms with Crippen molar-refractivity contribution in [3.8, 4) is 0 Å². The fourth-order valence-electron chi connectivity index (χ4n) is 3.77. The summed E-state index contributed by atoms with van der Waals surface area (Å²) in [5, 5.41) is 9.22. The van der Waals surface area contributed by atoms with Gasteiger partial charge in [-0.1, -0.05) is 30.3 Å². The van der Waals surface area contributed by atoms with E-state index in [9.17, 15) is 9.59 Å². The van der Waals surface area contributed by atoms with Gasteiger partial charge in [0.1, 0.15) is 0 Å². The number of piperazine rings is 1. The molecule has 2 fully saturated rings. The number of hydrogen-bond donors (Lipinski definition) is 1. The summed E-state index contributed by atoms with van der Waals surface area (Å²) < 4.78 is 0. The van der Waals surface area contributed by atoms with E-state index in [-0.39, 0.29) is 17.9 Å². The van der Waals surface area contributed by atoms with Crippen LogP contribution in [0.3, 0.4) is 0 Å². The highest BCUT2D eigenvalue weighted by Gasteiger charge is 2.31. The highest BCUT2D eigenvalue weighted by Crippen LogP contribution is 2.19. The van der Waals surface area contributed by atoms with Gasteiger partial charge in [0.15, 0.2) is 0 Å². The molecule has 1 aliphatic carbocycles. The minimum absolute atomic E-state index is 0.0545. The van der Waals surface area contributed by atoms with Gasteiger partial charge in [0.05, 0.1) is 24.8 Å². The van der Waals surface area contributed by atoms with Crippen LogP contribution >= 0.6 is 0 Å². The third-order valence-electron chi connectivity index (χ3n) is 5.81. The summed E-state index contributed by atoms with van der Waals surface area (Å²) in [5.74, 6) is 0.186. The lowest BCUT2D eigenvalue weighted by atomic mass is 10.1. The number of hydrazone groups is 1. The first kappa shape index (κ1) is 19.1. The minimum Gasteiger partial charge on any atom is -0.352 e. The maximum Gasteiger partial charge on any atom is 0.256 e. The summed E-state index contributed by atoms with van der Waals surface area (Å²) in [5.41, 5.74) is 2.07. The Bertz CT molecular complexity index is 738. The van der Waals surface area contributed by atoms with Crippen molar-refractivity contribution in [2.24, 2.45) is 5.10 Å². The second-order valence-electron chi connectivity index (χ2n) is 7.95. The highest BCUT2D eigenvalue weighted by atomic mass is 16.2. The Morgan fingerprint density at radius 1 is 1.11 bits per heavy atom. The van der Waals surface area contributed by atoms with Gasteiger partial charge >= 0.3 is 0 Å². The zero-order chi connectivity index (χ0) is 19.5. The van der Waals surface area contributed by atoms with E-state index in [0.29, 0.717) is 19.1 Å². The molecular weight excluding hydrogens is 354 g/mol. The fraction of sp³-hybridized carbons (Fsp3) is 0.571. The lowest BCUT2D eigenvalue weighted by molar-refractivity contribution is -0.133. The first-order chi connectivity index (χ1) is 13.6. The molecule has 2 amide bonds. The summed E-state index contributed by atoms with van der Waals surface area (Å²) in [6, 6.07) is 10.3. The Morgan fingerprint density at radius 2 is 1.82 bits per heavy atom. The van der Waals surface area contributed by atoms with Crippen molar-refractivity contribution in [2.75, 3.05) is 39.3 Å². The molecule has 7 heteroatoms. The van der Waals surface area contributed by atoms with Crippen molar-refractivity contribution >= 4 is 17.5 Å². The summed E-state index contributed by atoms with van der Waals surface area (Å²) in [6.45, 7) is 6.24. The number of rotatable bonds is 6. The average molecular weight is 383 g/mol. The number of nitrogens with zero attached hydrogens (tertiary/aromatic N) is 4. The topological polar surface area (TPSA) is 68.2 Å². The smallest absolute Gasteiger partial charge is 0.256 e. The van der Waals surface area contributed by atoms with Crippen LogP contribution in [0.5, 0.6) is 0 Å². The zero-order valence-corrected chi connectivity index (χ0v) is 16.5. The van der Waals surface area contributed by atoms with Crippen LogP contribution in [0, 0.1) is 0 Å². The van der Waals surface area contributed by atoms with E-state index in [0.717, 1.165) is 56.7 Å². The predicted molar refractivity (Wildman–Crippen MR) is 108 cm³/mol. The Morgan fingerprint density at radius 3 is 2.50 bits per heavy atom. The average Bonchev–Trinajstić information content (AvgIpc) is 3.39. The molecule has 1 atom stereocenters. The summed E-state index contributed by atoms with van der Waals surface area (Å²) >= 11 is 0. The van der Waals surface area contributed by atoms with Crippen LogP contribution < -0.4 is 5.32 Å². The number of nitrogens with one attached hydrogen (secondary N) is 1. The van der Waals surface area contributed by atoms with E-state index in [1.807, 2.05) is 37.3 Å². The molecule has 1 aromatic rings. The molecule has 0 spiro atoms. The number of hydrogen-bond acceptors (Lipinski definition) is 5. The van der Waals surface area contributed by atoms with Gasteiger partial charge < -0.3 is 5.32 Å². The minimum atomic E-state index is -0.102. The molecule has 1 aromatic carbocycles. The molecule has 1 unspecified atom stereocenters. The molecule has 1 saturated heterocycles. The first-order valence-electron chi connectivity index (χ1n) is 10.3. The Labute approximate surface area is 166 Å². The Balaban J connectivity index is 1.24. The molecule has 1 saturated carbocycles. The number of carbonyl (C=O) groups excluding carboxylic acids is 2. The molecule has 0 aromatic heterocycles. The van der Waals surface area contributed by atoms with E-state index < -0.39 is 0 Å². The van der Waals surface area contributed by atoms with Crippen molar-refractivity contribution in [1.29, 1.82) is 0 Å². The van der Waals surface area contributed by atoms with E-state index in [1.54, 1.807) is 5.01 Å². The second kappa shape index (κ2) is 8.41. The molecule has 7 nitrogen and oxygen atoms in total. The van der Waals surface area contributed by atoms with Crippen molar-refractivity contribution in [3.63, 3.8) is 0 Å². The van der Waals surface area contributed by atoms with E-state index in [4.69, 9.17) is 0 Å². The van der Waals surface area contributed by atoms with E-state index >= 15 is 0 Å². The molecule has 1 N–H and O–H groups in total. The quantitative estimate of drug-likeness (QED) is 0.793. The number of benzene rings is 1. The van der Waals surface area contributed by atoms with Gasteiger partial charge in [0.25, 0.3) is 5.91 Å². The van der Waals surface area contributed by atoms with Crippen LogP contribution in [0.4, 0.5) is 0 Å². The monoisotopic (exact) mass is 383 g/mol. The van der Waals surface area contributed by atoms with E-state index in [2.05, 4.69) is 20.2 Å². The lowest BCUT2D eigenvalue weighted by Gasteiger charge is -2.37. The van der Waals surface area contributed by atoms with Gasteiger partial charge in [-0.3, -0.25) is 19.4 Å². The Kier molecular flexibility index (Phi) is 5.73. The molecule has 4 rings (SSSR count). The van der Waals surface area contributed by atoms with Crippen LogP contribution in [0.1, 0.15) is 31.7 Å². The van der Waals surface area contributed by atoms with Gasteiger partial charge in [-0.05, 0) is 25.3 Å². The van der Waals surface area contributed by atoms with Gasteiger partial charge in [-0.25, -0.2) is 5.01 Å². The second-order valence-corrected chi connectivity index (χ2v) is 7.95. The molecular formula is C21H29N5O2. The summed E-state index contributed by atoms with van der Waals surface area (Å²) in [7, 11) is 0. The van der Waals surface area contributed by atoms with Crippen LogP contribution in [0.2, 0.25) is 0 Å². The number of amides is 2. The molecule has 150 valence electrons. The van der Waals surface area contributed by atoms with Crippen molar-refractivity contribution < 1.29 is 9.59 Å². The molecule has 3 aliphatic rings. The highest BCUT2D eigenvalue weighted by molar-refractivity contribution is 6.02. The summed E-state index contributed by atoms with van der Waals surface area (Å²) in [6.07, 6.45) is 3.02. The van der Waals surface area contributed by atoms with Gasteiger partial charge in [-0.15, -0.1) is 0 Å². The van der Waals surface area contributed by atoms with Crippen molar-refractivity contribution in [1.82, 2.24) is 20.1 Å². The van der Waals surface area contributed by atoms with E-state index in [1.165, 1.54) is 0 Å². The van der Waals surface area contributed by atoms with Gasteiger partial charge in [-0.2, -0.15) is 5.10 Å². The van der Waals surface area contributed by atoms with Crippen LogP contribution in [-0.4, -0.2) is 83.7 Å². The first-order valence-corrected chi connectivity index (χ1v) is 10.3. The largest absolute Gasteiger partial charge is 0.352 e. The molecule has 2 heterocycles. The number of carbonyl (C=O) groups is 2. The van der Waals surface area contributed by atoms with Gasteiger partial charge in [0.2, 0.25) is 5.91 Å². The zero-order valence-electron chi connectivity index (χ0n) is 16.5. The maximum atomic E-state index is 12.6. The van der Waals surface area contributed by atoms with Crippen molar-refractivity contribution in [2.45, 2.75) is 38.3 Å². The molecule has 2 aliphatic heterocycles. The van der Waals surface area contributed by atoms with Crippen LogP contribution in [0.15, 0.2) is 35.4 Å². The van der Waals surface area contributed by atoms with Gasteiger partial charge in [0, 0.05) is 38.6 Å². The predicted octanol–water partition coefficient (Wildman–Crippen LogP) is 0.908. The standard InChI is InChI=1S/C21H29N5O2/c1-16(21(28)22-18-7-8-18)25-13-11-24(12-14-25)15-20(27)26-10-9-19(23-26)17-5-3-2-4-6-17/h2-6,16,18H,7-15H2,1H3,(H,22,28). The normalized spacial score (nSPS) is 22.0. The fourth-order valence-corrected chi connectivity index (χ4v) is 3.77. The SMILES string of the molecule is CC(C(=O)NC1CC1)N1CCN(CC(=O)N2CCC(c3ccccc3)=N2)CC1. The Hall–Kier alpha value is -2.25. The third kappa shape index (κ3) is 4.59. The van der Waals surface area contributed by atoms with Crippen LogP contribution in [-0.2, 0) is 9.59 Å². The van der Waals surface area contributed by atoms with Crippen molar-refractivity contribution in [3.05, 3.63) is 35.9 Å². The van der Waals surface area contributed by atoms with Crippen LogP contribution in [0.25, 0.3) is 0 Å². The third-order valence-corrected chi connectivity index (χ3v) is 5.81. The molecule has 0 radical (unpaired) electrons. The lowest BCUT2D eigenvalue weighted by Crippen LogP contribution is -2.55. The molecule has 28 heavy (non-hydrogen) atoms. The maximum absolute atomic E-state index is 12.6. The molecule has 0 bridgehead atoms. The summed E-state index contributed by atoms with van der Waals surface area (Å²) in [4.78, 5) is 29.2.